The van der Waals surface area contributed by atoms with Crippen LogP contribution in [0.25, 0.3) is 11.2 Å². The van der Waals surface area contributed by atoms with Crippen LogP contribution in [-0.4, -0.2) is 19.5 Å². The molecule has 0 saturated carbocycles. The third-order valence-corrected chi connectivity index (χ3v) is 3.18. The van der Waals surface area contributed by atoms with Gasteiger partial charge in [-0.3, -0.25) is 0 Å². The van der Waals surface area contributed by atoms with Crippen molar-refractivity contribution in [1.82, 2.24) is 19.5 Å². The second-order valence-corrected chi connectivity index (χ2v) is 4.45. The highest BCUT2D eigenvalue weighted by Gasteiger charge is 2.10. The van der Waals surface area contributed by atoms with Crippen molar-refractivity contribution in [2.24, 2.45) is 7.05 Å². The van der Waals surface area contributed by atoms with Gasteiger partial charge in [0.2, 0.25) is 0 Å². The highest BCUT2D eigenvalue weighted by Crippen LogP contribution is 2.19. The van der Waals surface area contributed by atoms with Gasteiger partial charge in [0.1, 0.15) is 12.2 Å². The molecule has 0 spiro atoms. The molecule has 0 fully saturated rings. The lowest BCUT2D eigenvalue weighted by molar-refractivity contribution is 0.872. The van der Waals surface area contributed by atoms with Gasteiger partial charge in [-0.05, 0) is 12.5 Å². The summed E-state index contributed by atoms with van der Waals surface area (Å²) in [6.07, 6.45) is 1.57. The van der Waals surface area contributed by atoms with Crippen molar-refractivity contribution < 1.29 is 0 Å². The van der Waals surface area contributed by atoms with E-state index >= 15 is 0 Å². The zero-order chi connectivity index (χ0) is 13.2. The number of hydrogen-bond acceptors (Lipinski definition) is 4. The quantitative estimate of drug-likeness (QED) is 0.778. The molecule has 0 radical (unpaired) electrons. The molecule has 96 valence electrons. The van der Waals surface area contributed by atoms with E-state index in [9.17, 15) is 0 Å². The Morgan fingerprint density at radius 2 is 1.95 bits per heavy atom. The van der Waals surface area contributed by atoms with Crippen molar-refractivity contribution in [3.63, 3.8) is 0 Å². The normalized spacial score (nSPS) is 10.8. The van der Waals surface area contributed by atoms with Crippen LogP contribution in [0.5, 0.6) is 0 Å². The Hall–Kier alpha value is -2.43. The minimum atomic E-state index is 0.725. The lowest BCUT2D eigenvalue weighted by Crippen LogP contribution is -2.02. The number of nitrogens with one attached hydrogen (secondary N) is 1. The minimum Gasteiger partial charge on any atom is -0.364 e. The van der Waals surface area contributed by atoms with Gasteiger partial charge in [0.25, 0.3) is 0 Å². The van der Waals surface area contributed by atoms with Gasteiger partial charge in [0.15, 0.2) is 17.0 Å². The molecule has 3 rings (SSSR count). The maximum atomic E-state index is 4.50. The molecule has 0 atom stereocenters. The summed E-state index contributed by atoms with van der Waals surface area (Å²) in [5.41, 5.74) is 2.88. The maximum Gasteiger partial charge on any atom is 0.165 e. The number of fused-ring (bicyclic) bond motifs is 1. The van der Waals surface area contributed by atoms with Crippen LogP contribution in [0.1, 0.15) is 11.4 Å². The van der Waals surface area contributed by atoms with Crippen LogP contribution in [0.15, 0.2) is 36.7 Å². The first-order valence-corrected chi connectivity index (χ1v) is 6.17. The van der Waals surface area contributed by atoms with Gasteiger partial charge >= 0.3 is 0 Å². The number of anilines is 1. The van der Waals surface area contributed by atoms with Gasteiger partial charge in [0.05, 0.1) is 0 Å². The minimum absolute atomic E-state index is 0.725. The molecular formula is C14H15N5. The number of nitrogens with zero attached hydrogens (tertiary/aromatic N) is 4. The first kappa shape index (κ1) is 11.6. The zero-order valence-corrected chi connectivity index (χ0v) is 11.0. The molecular weight excluding hydrogens is 238 g/mol. The largest absolute Gasteiger partial charge is 0.364 e. The van der Waals surface area contributed by atoms with Gasteiger partial charge in [0, 0.05) is 13.6 Å². The molecule has 0 aliphatic rings. The summed E-state index contributed by atoms with van der Waals surface area (Å²) in [6, 6.07) is 10.2. The molecule has 0 bridgehead atoms. The number of aryl methyl sites for hydroxylation is 2. The lowest BCUT2D eigenvalue weighted by atomic mass is 10.2. The number of benzene rings is 1. The van der Waals surface area contributed by atoms with Crippen LogP contribution in [-0.2, 0) is 13.6 Å². The predicted molar refractivity (Wildman–Crippen MR) is 74.8 cm³/mol. The molecule has 2 heterocycles. The summed E-state index contributed by atoms with van der Waals surface area (Å²) in [5.74, 6) is 1.70. The lowest BCUT2D eigenvalue weighted by Gasteiger charge is -2.05. The summed E-state index contributed by atoms with van der Waals surface area (Å²) >= 11 is 0. The second-order valence-electron chi connectivity index (χ2n) is 4.45. The van der Waals surface area contributed by atoms with Crippen molar-refractivity contribution in [2.75, 3.05) is 5.32 Å². The highest BCUT2D eigenvalue weighted by atomic mass is 15.1. The van der Waals surface area contributed by atoms with Crippen LogP contribution in [0.4, 0.5) is 5.82 Å². The van der Waals surface area contributed by atoms with E-state index in [1.165, 1.54) is 5.56 Å². The zero-order valence-electron chi connectivity index (χ0n) is 11.0. The Labute approximate surface area is 111 Å². The number of rotatable bonds is 3. The summed E-state index contributed by atoms with van der Waals surface area (Å²) in [6.45, 7) is 2.69. The maximum absolute atomic E-state index is 4.50. The smallest absolute Gasteiger partial charge is 0.165 e. The van der Waals surface area contributed by atoms with E-state index in [-0.39, 0.29) is 0 Å². The Balaban J connectivity index is 1.91. The molecule has 1 N–H and O–H groups in total. The summed E-state index contributed by atoms with van der Waals surface area (Å²) in [5, 5.41) is 3.32. The van der Waals surface area contributed by atoms with E-state index in [0.29, 0.717) is 0 Å². The molecule has 2 aromatic heterocycles. The van der Waals surface area contributed by atoms with Crippen LogP contribution >= 0.6 is 0 Å². The molecule has 1 aromatic carbocycles. The van der Waals surface area contributed by atoms with Gasteiger partial charge in [-0.15, -0.1) is 0 Å². The predicted octanol–water partition coefficient (Wildman–Crippen LogP) is 2.28. The highest BCUT2D eigenvalue weighted by molar-refractivity contribution is 5.83. The standard InChI is InChI=1S/C14H15N5/c1-10-18-12-13(16-9-17-14(12)19(10)2)15-8-11-6-4-3-5-7-11/h3-7,9H,8H2,1-2H3,(H,15,16,17). The average molecular weight is 253 g/mol. The monoisotopic (exact) mass is 253 g/mol. The van der Waals surface area contributed by atoms with Crippen LogP contribution in [0.2, 0.25) is 0 Å². The number of hydrogen-bond donors (Lipinski definition) is 1. The van der Waals surface area contributed by atoms with Gasteiger partial charge in [-0.2, -0.15) is 0 Å². The molecule has 5 nitrogen and oxygen atoms in total. The van der Waals surface area contributed by atoms with Crippen molar-refractivity contribution in [2.45, 2.75) is 13.5 Å². The SMILES string of the molecule is Cc1nc2c(NCc3ccccc3)ncnc2n1C. The van der Waals surface area contributed by atoms with Crippen molar-refractivity contribution >= 4 is 17.0 Å². The Kier molecular flexibility index (Phi) is 2.87. The Morgan fingerprint density at radius 3 is 2.74 bits per heavy atom. The Bertz CT molecular complexity index is 702. The van der Waals surface area contributed by atoms with Crippen LogP contribution in [0.3, 0.4) is 0 Å². The van der Waals surface area contributed by atoms with Gasteiger partial charge in [-0.25, -0.2) is 15.0 Å². The molecule has 0 unspecified atom stereocenters. The van der Waals surface area contributed by atoms with E-state index in [2.05, 4.69) is 32.4 Å². The summed E-state index contributed by atoms with van der Waals surface area (Å²) < 4.78 is 1.96. The fraction of sp³-hybridized carbons (Fsp3) is 0.214. The third kappa shape index (κ3) is 2.14. The van der Waals surface area contributed by atoms with E-state index in [1.54, 1.807) is 6.33 Å². The van der Waals surface area contributed by atoms with Gasteiger partial charge in [-0.1, -0.05) is 30.3 Å². The summed E-state index contributed by atoms with van der Waals surface area (Å²) in [7, 11) is 1.96. The Morgan fingerprint density at radius 1 is 1.16 bits per heavy atom. The molecule has 19 heavy (non-hydrogen) atoms. The number of imidazole rings is 1. The van der Waals surface area contributed by atoms with E-state index in [1.807, 2.05) is 36.7 Å². The van der Waals surface area contributed by atoms with Crippen molar-refractivity contribution in [3.8, 4) is 0 Å². The first-order chi connectivity index (χ1) is 9.25. The van der Waals surface area contributed by atoms with Crippen molar-refractivity contribution in [1.29, 1.82) is 0 Å². The average Bonchev–Trinajstić information content (AvgIpc) is 2.74. The molecule has 3 aromatic rings. The third-order valence-electron chi connectivity index (χ3n) is 3.18. The number of aromatic nitrogens is 4. The first-order valence-electron chi connectivity index (χ1n) is 6.17. The van der Waals surface area contributed by atoms with Crippen LogP contribution in [0, 0.1) is 6.92 Å². The molecule has 0 saturated heterocycles. The van der Waals surface area contributed by atoms with Crippen molar-refractivity contribution in [3.05, 3.63) is 48.0 Å². The topological polar surface area (TPSA) is 55.6 Å². The molecule has 0 aliphatic carbocycles. The second kappa shape index (κ2) is 4.68. The summed E-state index contributed by atoms with van der Waals surface area (Å²) in [4.78, 5) is 13.0. The fourth-order valence-corrected chi connectivity index (χ4v) is 2.02. The molecule has 0 aliphatic heterocycles. The molecule has 5 heteroatoms. The fourth-order valence-electron chi connectivity index (χ4n) is 2.02. The van der Waals surface area contributed by atoms with E-state index in [0.717, 1.165) is 29.4 Å². The molecule has 0 amide bonds. The van der Waals surface area contributed by atoms with E-state index in [4.69, 9.17) is 0 Å². The van der Waals surface area contributed by atoms with Crippen LogP contribution < -0.4 is 5.32 Å². The van der Waals surface area contributed by atoms with Gasteiger partial charge < -0.3 is 9.88 Å². The van der Waals surface area contributed by atoms with E-state index < -0.39 is 0 Å².